The first-order valence-corrected chi connectivity index (χ1v) is 2.11. The molecule has 0 aliphatic carbocycles. The summed E-state index contributed by atoms with van der Waals surface area (Å²) in [4.78, 5) is 7.32. The maximum Gasteiger partial charge on any atom is 0.115 e. The molecule has 0 bridgehead atoms. The minimum absolute atomic E-state index is 0.604. The van der Waals surface area contributed by atoms with E-state index in [-0.39, 0.29) is 0 Å². The first-order valence-electron chi connectivity index (χ1n) is 2.11. The maximum atomic E-state index is 6.61. The first kappa shape index (κ1) is 4.79. The molecule has 0 amide bonds. The largest absolute Gasteiger partial charge is 0.244 e. The van der Waals surface area contributed by atoms with Gasteiger partial charge in [0.05, 0.1) is 5.56 Å². The highest BCUT2D eigenvalue weighted by molar-refractivity contribution is 5.22. The van der Waals surface area contributed by atoms with Crippen molar-refractivity contribution in [3.8, 4) is 5.92 Å². The summed E-state index contributed by atoms with van der Waals surface area (Å²) in [6.07, 6.45) is 11.1. The minimum atomic E-state index is 0.604. The highest BCUT2D eigenvalue weighted by Crippen LogP contribution is 1.85. The Morgan fingerprint density at radius 3 is 2.38 bits per heavy atom. The molecule has 1 aromatic heterocycles. The molecule has 2 heteroatoms. The number of nitrogens with zero attached hydrogens (tertiary/aromatic N) is 2. The van der Waals surface area contributed by atoms with Crippen LogP contribution in [0.1, 0.15) is 5.56 Å². The first-order chi connectivity index (χ1) is 3.93. The molecule has 1 radical (unpaired) electrons. The van der Waals surface area contributed by atoms with Crippen LogP contribution in [0.4, 0.5) is 0 Å². The second-order valence-corrected chi connectivity index (χ2v) is 1.25. The Balaban J connectivity index is 3.05. The van der Waals surface area contributed by atoms with E-state index in [0.29, 0.717) is 5.56 Å². The Bertz CT molecular complexity index is 198. The molecule has 0 saturated heterocycles. The van der Waals surface area contributed by atoms with Crippen LogP contribution in [0.15, 0.2) is 18.7 Å². The summed E-state index contributed by atoms with van der Waals surface area (Å²) in [5.41, 5.74) is 0.604. The van der Waals surface area contributed by atoms with E-state index in [4.69, 9.17) is 6.42 Å². The molecule has 0 atom stereocenters. The SMILES string of the molecule is [C]#Cc1cncnc1. The van der Waals surface area contributed by atoms with Gasteiger partial charge in [0.15, 0.2) is 0 Å². The second-order valence-electron chi connectivity index (χ2n) is 1.25. The van der Waals surface area contributed by atoms with Crippen LogP contribution in [-0.2, 0) is 0 Å². The topological polar surface area (TPSA) is 25.8 Å². The molecule has 1 heterocycles. The Kier molecular flexibility index (Phi) is 1.25. The molecular weight excluding hydrogens is 100 g/mol. The van der Waals surface area contributed by atoms with E-state index in [1.807, 2.05) is 0 Å². The average Bonchev–Trinajstić information content (AvgIpc) is 1.90. The van der Waals surface area contributed by atoms with Crippen LogP contribution < -0.4 is 0 Å². The van der Waals surface area contributed by atoms with Gasteiger partial charge in [-0.1, -0.05) is 0 Å². The van der Waals surface area contributed by atoms with E-state index in [1.165, 1.54) is 18.7 Å². The maximum absolute atomic E-state index is 6.61. The van der Waals surface area contributed by atoms with Gasteiger partial charge in [-0.2, -0.15) is 0 Å². The van der Waals surface area contributed by atoms with Gasteiger partial charge in [-0.15, -0.1) is 0 Å². The zero-order chi connectivity index (χ0) is 5.82. The summed E-state index contributed by atoms with van der Waals surface area (Å²) >= 11 is 0. The molecule has 1 rings (SSSR count). The lowest BCUT2D eigenvalue weighted by atomic mass is 10.4. The van der Waals surface area contributed by atoms with Crippen molar-refractivity contribution in [2.45, 2.75) is 0 Å². The molecule has 0 N–H and O–H groups in total. The summed E-state index contributed by atoms with van der Waals surface area (Å²) in [5.74, 6) is 2.15. The number of aromatic nitrogens is 2. The third-order valence-corrected chi connectivity index (χ3v) is 0.705. The summed E-state index contributed by atoms with van der Waals surface area (Å²) in [6.45, 7) is 0. The number of hydrogen-bond donors (Lipinski definition) is 0. The van der Waals surface area contributed by atoms with E-state index in [0.717, 1.165) is 0 Å². The van der Waals surface area contributed by atoms with Crippen molar-refractivity contribution in [3.05, 3.63) is 30.7 Å². The molecule has 8 heavy (non-hydrogen) atoms. The molecular formula is C6H3N2. The summed E-state index contributed by atoms with van der Waals surface area (Å²) < 4.78 is 0. The average molecular weight is 103 g/mol. The van der Waals surface area contributed by atoms with Crippen molar-refractivity contribution in [3.63, 3.8) is 0 Å². The summed E-state index contributed by atoms with van der Waals surface area (Å²) in [6, 6.07) is 0. The predicted octanol–water partition coefficient (Wildman–Crippen LogP) is 0.414. The molecule has 0 unspecified atom stereocenters. The van der Waals surface area contributed by atoms with E-state index < -0.39 is 0 Å². The Hall–Kier alpha value is -1.36. The van der Waals surface area contributed by atoms with E-state index in [1.54, 1.807) is 0 Å². The fourth-order valence-corrected chi connectivity index (χ4v) is 0.364. The van der Waals surface area contributed by atoms with Crippen LogP contribution in [0.2, 0.25) is 0 Å². The zero-order valence-corrected chi connectivity index (χ0v) is 4.13. The molecule has 0 aliphatic heterocycles. The van der Waals surface area contributed by atoms with Crippen LogP contribution >= 0.6 is 0 Å². The highest BCUT2D eigenvalue weighted by Gasteiger charge is 1.79. The van der Waals surface area contributed by atoms with E-state index in [2.05, 4.69) is 15.9 Å². The van der Waals surface area contributed by atoms with Gasteiger partial charge in [0.2, 0.25) is 0 Å². The van der Waals surface area contributed by atoms with E-state index >= 15 is 0 Å². The smallest absolute Gasteiger partial charge is 0.115 e. The molecule has 2 nitrogen and oxygen atoms in total. The van der Waals surface area contributed by atoms with Gasteiger partial charge in [0.1, 0.15) is 6.33 Å². The van der Waals surface area contributed by atoms with Gasteiger partial charge in [0.25, 0.3) is 0 Å². The Morgan fingerprint density at radius 2 is 2.00 bits per heavy atom. The highest BCUT2D eigenvalue weighted by atomic mass is 14.8. The molecule has 0 aliphatic rings. The van der Waals surface area contributed by atoms with Gasteiger partial charge in [-0.05, 0) is 12.3 Å². The monoisotopic (exact) mass is 103 g/mol. The van der Waals surface area contributed by atoms with Crippen molar-refractivity contribution in [2.24, 2.45) is 0 Å². The van der Waals surface area contributed by atoms with Gasteiger partial charge in [-0.25, -0.2) is 9.97 Å². The van der Waals surface area contributed by atoms with Crippen molar-refractivity contribution in [2.75, 3.05) is 0 Å². The van der Waals surface area contributed by atoms with Crippen molar-refractivity contribution < 1.29 is 0 Å². The molecule has 1 aromatic rings. The van der Waals surface area contributed by atoms with E-state index in [9.17, 15) is 0 Å². The van der Waals surface area contributed by atoms with Crippen molar-refractivity contribution in [1.29, 1.82) is 0 Å². The zero-order valence-electron chi connectivity index (χ0n) is 4.13. The Morgan fingerprint density at radius 1 is 1.38 bits per heavy atom. The van der Waals surface area contributed by atoms with Crippen LogP contribution in [0.3, 0.4) is 0 Å². The minimum Gasteiger partial charge on any atom is -0.244 e. The van der Waals surface area contributed by atoms with Gasteiger partial charge >= 0.3 is 0 Å². The van der Waals surface area contributed by atoms with Crippen molar-refractivity contribution in [1.82, 2.24) is 9.97 Å². The van der Waals surface area contributed by atoms with Gasteiger partial charge < -0.3 is 0 Å². The molecule has 0 saturated carbocycles. The summed E-state index contributed by atoms with van der Waals surface area (Å²) in [7, 11) is 0. The van der Waals surface area contributed by atoms with Crippen molar-refractivity contribution >= 4 is 0 Å². The molecule has 0 fully saturated rings. The molecule has 37 valence electrons. The van der Waals surface area contributed by atoms with Crippen LogP contribution in [0, 0.1) is 12.3 Å². The second kappa shape index (κ2) is 2.08. The standard InChI is InChI=1S/C6H3N2/c1-2-6-3-7-5-8-4-6/h3-5H. The van der Waals surface area contributed by atoms with Crippen LogP contribution in [0.25, 0.3) is 0 Å². The van der Waals surface area contributed by atoms with Gasteiger partial charge in [0, 0.05) is 12.4 Å². The summed E-state index contributed by atoms with van der Waals surface area (Å²) in [5, 5.41) is 0. The quantitative estimate of drug-likeness (QED) is 0.444. The van der Waals surface area contributed by atoms with Gasteiger partial charge in [-0.3, -0.25) is 0 Å². The third kappa shape index (κ3) is 0.824. The fourth-order valence-electron chi connectivity index (χ4n) is 0.364. The fraction of sp³-hybridized carbons (Fsp3) is 0. The lowest BCUT2D eigenvalue weighted by molar-refractivity contribution is 1.16. The lowest BCUT2D eigenvalue weighted by Crippen LogP contribution is -1.77. The lowest BCUT2D eigenvalue weighted by Gasteiger charge is -1.80. The third-order valence-electron chi connectivity index (χ3n) is 0.705. The molecule has 0 spiro atoms. The Labute approximate surface area is 47.6 Å². The predicted molar refractivity (Wildman–Crippen MR) is 28.3 cm³/mol. The number of rotatable bonds is 0. The van der Waals surface area contributed by atoms with Crippen LogP contribution in [0.5, 0.6) is 0 Å². The normalized spacial score (nSPS) is 7.88. The van der Waals surface area contributed by atoms with Crippen LogP contribution in [-0.4, -0.2) is 9.97 Å². The molecule has 0 aromatic carbocycles. The number of hydrogen-bond acceptors (Lipinski definition) is 2.